The average Bonchev–Trinajstić information content (AvgIpc) is 2.78. The molecule has 4 nitrogen and oxygen atoms in total. The average molecular weight is 212 g/mol. The lowest BCUT2D eigenvalue weighted by Crippen LogP contribution is -2.42. The lowest BCUT2D eigenvalue weighted by atomic mass is 9.98. The van der Waals surface area contributed by atoms with Gasteiger partial charge in [-0.2, -0.15) is 0 Å². The topological polar surface area (TPSA) is 52.6 Å². The number of likely N-dealkylation sites (tertiary alicyclic amines) is 1. The predicted molar refractivity (Wildman–Crippen MR) is 57.4 cm³/mol. The second-order valence-electron chi connectivity index (χ2n) is 4.66. The molecule has 2 aliphatic rings. The summed E-state index contributed by atoms with van der Waals surface area (Å²) in [5.74, 6) is 0.778. The van der Waals surface area contributed by atoms with E-state index in [9.17, 15) is 4.79 Å². The van der Waals surface area contributed by atoms with Gasteiger partial charge in [0.2, 0.25) is 5.91 Å². The SMILES string of the molecule is O=C(C1CCCNC1)N1CCC(CO)C1. The number of amides is 1. The Hall–Kier alpha value is -0.610. The molecule has 1 amide bonds. The molecule has 2 N–H and O–H groups in total. The molecule has 2 aliphatic heterocycles. The fourth-order valence-corrected chi connectivity index (χ4v) is 2.50. The van der Waals surface area contributed by atoms with E-state index in [0.717, 1.165) is 45.4 Å². The molecule has 4 heteroatoms. The van der Waals surface area contributed by atoms with Crippen molar-refractivity contribution < 1.29 is 9.90 Å². The molecule has 0 radical (unpaired) electrons. The Morgan fingerprint density at radius 3 is 2.93 bits per heavy atom. The Labute approximate surface area is 90.6 Å². The lowest BCUT2D eigenvalue weighted by molar-refractivity contribution is -0.135. The van der Waals surface area contributed by atoms with Crippen LogP contribution in [0.3, 0.4) is 0 Å². The van der Waals surface area contributed by atoms with Crippen LogP contribution in [0.4, 0.5) is 0 Å². The maximum atomic E-state index is 12.1. The third kappa shape index (κ3) is 2.49. The van der Waals surface area contributed by atoms with Gasteiger partial charge in [0.05, 0.1) is 5.92 Å². The summed E-state index contributed by atoms with van der Waals surface area (Å²) >= 11 is 0. The second-order valence-corrected chi connectivity index (χ2v) is 4.66. The minimum atomic E-state index is 0.177. The Bertz CT molecular complexity index is 227. The minimum Gasteiger partial charge on any atom is -0.396 e. The molecular weight excluding hydrogens is 192 g/mol. The number of hydrogen-bond acceptors (Lipinski definition) is 3. The molecule has 2 heterocycles. The van der Waals surface area contributed by atoms with E-state index < -0.39 is 0 Å². The number of carbonyl (C=O) groups excluding carboxylic acids is 1. The summed E-state index contributed by atoms with van der Waals surface area (Å²) in [6.07, 6.45) is 3.09. The molecule has 86 valence electrons. The zero-order chi connectivity index (χ0) is 10.7. The Morgan fingerprint density at radius 1 is 1.47 bits per heavy atom. The first-order valence-corrected chi connectivity index (χ1v) is 5.91. The minimum absolute atomic E-state index is 0.177. The molecule has 0 bridgehead atoms. The van der Waals surface area contributed by atoms with Crippen molar-refractivity contribution in [1.29, 1.82) is 0 Å². The number of carbonyl (C=O) groups is 1. The van der Waals surface area contributed by atoms with Crippen LogP contribution >= 0.6 is 0 Å². The van der Waals surface area contributed by atoms with Gasteiger partial charge in [-0.05, 0) is 25.8 Å². The highest BCUT2D eigenvalue weighted by molar-refractivity contribution is 5.79. The molecule has 0 aromatic carbocycles. The van der Waals surface area contributed by atoms with E-state index in [1.165, 1.54) is 0 Å². The van der Waals surface area contributed by atoms with Crippen LogP contribution in [0.2, 0.25) is 0 Å². The smallest absolute Gasteiger partial charge is 0.226 e. The largest absolute Gasteiger partial charge is 0.396 e. The van der Waals surface area contributed by atoms with Gasteiger partial charge >= 0.3 is 0 Å². The van der Waals surface area contributed by atoms with E-state index in [0.29, 0.717) is 5.92 Å². The number of piperidine rings is 1. The number of nitrogens with zero attached hydrogens (tertiary/aromatic N) is 1. The second kappa shape index (κ2) is 4.94. The molecule has 0 saturated carbocycles. The van der Waals surface area contributed by atoms with E-state index in [1.54, 1.807) is 0 Å². The standard InChI is InChI=1S/C11H20N2O2/c14-8-9-3-5-13(7-9)11(15)10-2-1-4-12-6-10/h9-10,12,14H,1-8H2. The van der Waals surface area contributed by atoms with Crippen LogP contribution in [-0.4, -0.2) is 48.7 Å². The van der Waals surface area contributed by atoms with Crippen molar-refractivity contribution in [1.82, 2.24) is 10.2 Å². The van der Waals surface area contributed by atoms with Crippen molar-refractivity contribution in [3.05, 3.63) is 0 Å². The van der Waals surface area contributed by atoms with Crippen molar-refractivity contribution in [3.63, 3.8) is 0 Å². The van der Waals surface area contributed by atoms with Gasteiger partial charge in [-0.25, -0.2) is 0 Å². The third-order valence-corrected chi connectivity index (χ3v) is 3.50. The summed E-state index contributed by atoms with van der Waals surface area (Å²) < 4.78 is 0. The summed E-state index contributed by atoms with van der Waals surface area (Å²) in [7, 11) is 0. The van der Waals surface area contributed by atoms with Crippen LogP contribution in [0.1, 0.15) is 19.3 Å². The van der Waals surface area contributed by atoms with Gasteiger partial charge in [0, 0.05) is 32.2 Å². The molecule has 2 rings (SSSR count). The summed E-state index contributed by atoms with van der Waals surface area (Å²) in [5.41, 5.74) is 0. The number of hydrogen-bond donors (Lipinski definition) is 2. The van der Waals surface area contributed by atoms with Crippen LogP contribution in [0.5, 0.6) is 0 Å². The van der Waals surface area contributed by atoms with Gasteiger partial charge in [-0.1, -0.05) is 0 Å². The van der Waals surface area contributed by atoms with Gasteiger partial charge in [0.15, 0.2) is 0 Å². The van der Waals surface area contributed by atoms with E-state index in [4.69, 9.17) is 5.11 Å². The maximum Gasteiger partial charge on any atom is 0.226 e. The summed E-state index contributed by atoms with van der Waals surface area (Å²) in [6.45, 7) is 3.68. The molecule has 0 aromatic heterocycles. The van der Waals surface area contributed by atoms with Gasteiger partial charge in [-0.3, -0.25) is 4.79 Å². The number of nitrogens with one attached hydrogen (secondary N) is 1. The summed E-state index contributed by atoms with van der Waals surface area (Å²) in [4.78, 5) is 14.0. The van der Waals surface area contributed by atoms with E-state index in [1.807, 2.05) is 4.90 Å². The van der Waals surface area contributed by atoms with Crippen molar-refractivity contribution in [2.75, 3.05) is 32.8 Å². The van der Waals surface area contributed by atoms with Gasteiger partial charge in [-0.15, -0.1) is 0 Å². The van der Waals surface area contributed by atoms with Gasteiger partial charge < -0.3 is 15.3 Å². The molecule has 2 saturated heterocycles. The Balaban J connectivity index is 1.85. The van der Waals surface area contributed by atoms with Gasteiger partial charge in [0.1, 0.15) is 0 Å². The maximum absolute atomic E-state index is 12.1. The molecule has 0 spiro atoms. The molecule has 15 heavy (non-hydrogen) atoms. The highest BCUT2D eigenvalue weighted by atomic mass is 16.3. The molecular formula is C11H20N2O2. The third-order valence-electron chi connectivity index (χ3n) is 3.50. The van der Waals surface area contributed by atoms with Crippen molar-refractivity contribution in [2.45, 2.75) is 19.3 Å². The first-order chi connectivity index (χ1) is 7.31. The first-order valence-electron chi connectivity index (χ1n) is 5.91. The fourth-order valence-electron chi connectivity index (χ4n) is 2.50. The summed E-state index contributed by atoms with van der Waals surface area (Å²) in [6, 6.07) is 0. The van der Waals surface area contributed by atoms with Crippen LogP contribution < -0.4 is 5.32 Å². The summed E-state index contributed by atoms with van der Waals surface area (Å²) in [5, 5.41) is 12.3. The van der Waals surface area contributed by atoms with Crippen LogP contribution in [0.25, 0.3) is 0 Å². The molecule has 0 aromatic rings. The zero-order valence-electron chi connectivity index (χ0n) is 9.11. The normalized spacial score (nSPS) is 31.9. The molecule has 2 unspecified atom stereocenters. The zero-order valence-corrected chi connectivity index (χ0v) is 9.11. The van der Waals surface area contributed by atoms with Crippen LogP contribution in [0, 0.1) is 11.8 Å². The number of rotatable bonds is 2. The first kappa shape index (κ1) is 10.9. The lowest BCUT2D eigenvalue weighted by Gasteiger charge is -2.26. The van der Waals surface area contributed by atoms with E-state index in [-0.39, 0.29) is 18.4 Å². The number of aliphatic hydroxyl groups excluding tert-OH is 1. The Morgan fingerprint density at radius 2 is 2.33 bits per heavy atom. The molecule has 0 aliphatic carbocycles. The Kier molecular flexibility index (Phi) is 3.59. The monoisotopic (exact) mass is 212 g/mol. The van der Waals surface area contributed by atoms with Crippen LogP contribution in [0.15, 0.2) is 0 Å². The van der Waals surface area contributed by atoms with Crippen molar-refractivity contribution >= 4 is 5.91 Å². The molecule has 2 atom stereocenters. The van der Waals surface area contributed by atoms with E-state index in [2.05, 4.69) is 5.32 Å². The molecule has 2 fully saturated rings. The van der Waals surface area contributed by atoms with Crippen molar-refractivity contribution in [2.24, 2.45) is 11.8 Å². The fraction of sp³-hybridized carbons (Fsp3) is 0.909. The van der Waals surface area contributed by atoms with Crippen LogP contribution in [-0.2, 0) is 4.79 Å². The highest BCUT2D eigenvalue weighted by Crippen LogP contribution is 2.20. The quantitative estimate of drug-likeness (QED) is 0.668. The predicted octanol–water partition coefficient (Wildman–Crippen LogP) is -0.173. The van der Waals surface area contributed by atoms with E-state index >= 15 is 0 Å². The number of aliphatic hydroxyl groups is 1. The van der Waals surface area contributed by atoms with Gasteiger partial charge in [0.25, 0.3) is 0 Å². The highest BCUT2D eigenvalue weighted by Gasteiger charge is 2.30. The van der Waals surface area contributed by atoms with Crippen molar-refractivity contribution in [3.8, 4) is 0 Å².